The van der Waals surface area contributed by atoms with Gasteiger partial charge < -0.3 is 39.6 Å². The number of fused-ring (bicyclic) bond motifs is 4. The van der Waals surface area contributed by atoms with E-state index in [1.54, 1.807) is 72.8 Å². The Morgan fingerprint density at radius 1 is 0.264 bits per heavy atom. The number of carboxylic acid groups (broad SMARTS) is 4. The Morgan fingerprint density at radius 3 is 0.623 bits per heavy atom. The second-order valence-electron chi connectivity index (χ2n) is 11.3. The fourth-order valence-electron chi connectivity index (χ4n) is 5.61. The van der Waals surface area contributed by atoms with Gasteiger partial charge in [-0.25, -0.2) is 0 Å². The molecule has 0 unspecified atom stereocenters. The number of rotatable bonds is 4. The number of benzene rings is 8. The van der Waals surface area contributed by atoms with Crippen molar-refractivity contribution >= 4 is 94.3 Å². The quantitative estimate of drug-likeness (QED) is 0.235. The first-order valence-corrected chi connectivity index (χ1v) is 15.9. The summed E-state index contributed by atoms with van der Waals surface area (Å²) in [5, 5.41) is 49.4. The van der Waals surface area contributed by atoms with Gasteiger partial charge in [-0.3, -0.25) is 0 Å². The maximum absolute atomic E-state index is 10.7. The molecule has 0 saturated carbocycles. The molecule has 0 spiro atoms. The molecule has 0 amide bonds. The van der Waals surface area contributed by atoms with Gasteiger partial charge in [-0.2, -0.15) is 0 Å². The molecule has 0 aliphatic heterocycles. The SMILES string of the molecule is O=C([O-])c1cccc2ccccc12.O=C([O-])c1cccc2ccccc12.O=C([O-])c1cccc2ccccc12.O=C([O-])c1cccc2ccccc12.[Pb]. The van der Waals surface area contributed by atoms with E-state index in [-0.39, 0.29) is 49.6 Å². The molecule has 4 radical (unpaired) electrons. The van der Waals surface area contributed by atoms with Gasteiger partial charge in [0.2, 0.25) is 0 Å². The molecule has 8 aromatic carbocycles. The van der Waals surface area contributed by atoms with Crippen molar-refractivity contribution in [2.45, 2.75) is 0 Å². The standard InChI is InChI=1S/4C11H8O2.Pb/c4*12-11(13)10-7-3-5-8-4-1-2-6-9(8)10;/h4*1-7H,(H,12,13);/p-4. The topological polar surface area (TPSA) is 161 Å². The van der Waals surface area contributed by atoms with Crippen molar-refractivity contribution in [3.8, 4) is 0 Å². The maximum Gasteiger partial charge on any atom is 0.0721 e. The van der Waals surface area contributed by atoms with E-state index in [9.17, 15) is 39.6 Å². The molecule has 8 rings (SSSR count). The number of hydrogen-bond acceptors (Lipinski definition) is 8. The summed E-state index contributed by atoms with van der Waals surface area (Å²) in [7, 11) is 0. The van der Waals surface area contributed by atoms with Gasteiger partial charge in [-0.15, -0.1) is 0 Å². The van der Waals surface area contributed by atoms with Crippen molar-refractivity contribution in [2.75, 3.05) is 0 Å². The fraction of sp³-hybridized carbons (Fsp3) is 0. The van der Waals surface area contributed by atoms with Crippen molar-refractivity contribution in [3.05, 3.63) is 192 Å². The monoisotopic (exact) mass is 892 g/mol. The predicted molar refractivity (Wildman–Crippen MR) is 199 cm³/mol. The molecule has 0 N–H and O–H groups in total. The fourth-order valence-corrected chi connectivity index (χ4v) is 5.61. The Labute approximate surface area is 324 Å². The molecule has 0 aliphatic rings. The van der Waals surface area contributed by atoms with Crippen LogP contribution in [-0.4, -0.2) is 51.2 Å². The van der Waals surface area contributed by atoms with Crippen LogP contribution in [0.5, 0.6) is 0 Å². The molecule has 0 aliphatic carbocycles. The summed E-state index contributed by atoms with van der Waals surface area (Å²) in [5.41, 5.74) is 0.993. The summed E-state index contributed by atoms with van der Waals surface area (Å²) in [6.45, 7) is 0. The summed E-state index contributed by atoms with van der Waals surface area (Å²) in [4.78, 5) is 42.8. The molecule has 8 aromatic rings. The zero-order valence-corrected chi connectivity index (χ0v) is 31.8. The maximum atomic E-state index is 10.7. The van der Waals surface area contributed by atoms with E-state index in [4.69, 9.17) is 0 Å². The zero-order chi connectivity index (χ0) is 37.0. The summed E-state index contributed by atoms with van der Waals surface area (Å²) >= 11 is 0. The van der Waals surface area contributed by atoms with Crippen LogP contribution in [0, 0.1) is 0 Å². The van der Waals surface area contributed by atoms with Crippen LogP contribution in [0.2, 0.25) is 0 Å². The molecule has 0 bridgehead atoms. The van der Waals surface area contributed by atoms with Gasteiger partial charge in [-0.05, 0) is 43.1 Å². The predicted octanol–water partition coefficient (Wildman–Crippen LogP) is 4.43. The number of aromatic carboxylic acids is 4. The molecule has 9 heteroatoms. The number of carbonyl (C=O) groups excluding carboxylic acids is 4. The van der Waals surface area contributed by atoms with E-state index in [1.165, 1.54) is 0 Å². The van der Waals surface area contributed by atoms with E-state index in [0.717, 1.165) is 43.1 Å². The van der Waals surface area contributed by atoms with Gasteiger partial charge in [0.15, 0.2) is 0 Å². The van der Waals surface area contributed by atoms with Gasteiger partial charge in [0, 0.05) is 49.6 Å². The van der Waals surface area contributed by atoms with E-state index in [1.807, 2.05) is 97.1 Å². The molecular weight excluding hydrogens is 864 g/mol. The smallest absolute Gasteiger partial charge is 0.0721 e. The molecule has 260 valence electrons. The van der Waals surface area contributed by atoms with Crippen LogP contribution in [0.4, 0.5) is 0 Å². The third-order valence-corrected chi connectivity index (χ3v) is 8.04. The summed E-state index contributed by atoms with van der Waals surface area (Å²) in [6, 6.07) is 50.0. The number of hydrogen-bond donors (Lipinski definition) is 0. The van der Waals surface area contributed by atoms with Crippen molar-refractivity contribution in [3.63, 3.8) is 0 Å². The Bertz CT molecular complexity index is 2180. The Balaban J connectivity index is 0.000000157. The minimum Gasteiger partial charge on any atom is -0.545 e. The van der Waals surface area contributed by atoms with E-state index >= 15 is 0 Å². The average Bonchev–Trinajstić information content (AvgIpc) is 3.17. The van der Waals surface area contributed by atoms with Crippen molar-refractivity contribution in [1.82, 2.24) is 0 Å². The van der Waals surface area contributed by atoms with Crippen LogP contribution in [0.1, 0.15) is 41.4 Å². The third kappa shape index (κ3) is 9.90. The number of carboxylic acids is 4. The molecule has 0 saturated heterocycles. The Hall–Kier alpha value is -6.40. The first-order chi connectivity index (χ1) is 25.2. The number of carbonyl (C=O) groups is 4. The van der Waals surface area contributed by atoms with Crippen LogP contribution in [0.15, 0.2) is 170 Å². The van der Waals surface area contributed by atoms with Gasteiger partial charge in [0.1, 0.15) is 0 Å². The first kappa shape index (κ1) is 39.4. The second kappa shape index (κ2) is 18.7. The molecule has 53 heavy (non-hydrogen) atoms. The second-order valence-corrected chi connectivity index (χ2v) is 11.3. The Kier molecular flexibility index (Phi) is 13.9. The van der Waals surface area contributed by atoms with Gasteiger partial charge in [0.05, 0.1) is 23.9 Å². The van der Waals surface area contributed by atoms with Crippen LogP contribution < -0.4 is 20.4 Å². The molecule has 0 atom stereocenters. The van der Waals surface area contributed by atoms with Crippen LogP contribution in [0.3, 0.4) is 0 Å². The summed E-state index contributed by atoms with van der Waals surface area (Å²) in [5.74, 6) is -4.51. The van der Waals surface area contributed by atoms with Crippen molar-refractivity contribution in [2.24, 2.45) is 0 Å². The minimum absolute atomic E-state index is 0. The largest absolute Gasteiger partial charge is 0.545 e. The van der Waals surface area contributed by atoms with Gasteiger partial charge in [-0.1, -0.05) is 170 Å². The molecule has 0 aromatic heterocycles. The van der Waals surface area contributed by atoms with Gasteiger partial charge in [0.25, 0.3) is 0 Å². The normalized spacial score (nSPS) is 9.96. The van der Waals surface area contributed by atoms with E-state index < -0.39 is 23.9 Å². The minimum atomic E-state index is -1.13. The zero-order valence-electron chi connectivity index (χ0n) is 27.9. The average molecular weight is 892 g/mol. The summed E-state index contributed by atoms with van der Waals surface area (Å²) in [6.07, 6.45) is 0. The molecular formula is C44H28O8Pb-4. The molecule has 8 nitrogen and oxygen atoms in total. The van der Waals surface area contributed by atoms with Gasteiger partial charge >= 0.3 is 0 Å². The first-order valence-electron chi connectivity index (χ1n) is 15.9. The van der Waals surface area contributed by atoms with E-state index in [0.29, 0.717) is 0 Å². The molecule has 0 fully saturated rings. The third-order valence-electron chi connectivity index (χ3n) is 8.04. The van der Waals surface area contributed by atoms with Crippen molar-refractivity contribution in [1.29, 1.82) is 0 Å². The van der Waals surface area contributed by atoms with Crippen LogP contribution in [0.25, 0.3) is 43.1 Å². The van der Waals surface area contributed by atoms with Crippen LogP contribution in [-0.2, 0) is 0 Å². The van der Waals surface area contributed by atoms with Crippen LogP contribution >= 0.6 is 0 Å². The van der Waals surface area contributed by atoms with E-state index in [2.05, 4.69) is 0 Å². The van der Waals surface area contributed by atoms with Crippen molar-refractivity contribution < 1.29 is 39.6 Å². The Morgan fingerprint density at radius 2 is 0.434 bits per heavy atom. The molecule has 0 heterocycles. The summed E-state index contributed by atoms with van der Waals surface area (Å²) < 4.78 is 0.